The SMILES string of the molecule is CN(CC(=O)NCCc1ccc(F)cc1)Cc1ccc(OC(F)F)cc1. The average Bonchev–Trinajstić information content (AvgIpc) is 2.58. The second-order valence-corrected chi connectivity index (χ2v) is 5.92. The maximum absolute atomic E-state index is 12.8. The lowest BCUT2D eigenvalue weighted by Gasteiger charge is -2.16. The number of ether oxygens (including phenoxy) is 1. The highest BCUT2D eigenvalue weighted by atomic mass is 19.3. The molecule has 0 unspecified atom stereocenters. The lowest BCUT2D eigenvalue weighted by molar-refractivity contribution is -0.122. The maximum Gasteiger partial charge on any atom is 0.387 e. The van der Waals surface area contributed by atoms with Crippen molar-refractivity contribution in [3.05, 3.63) is 65.5 Å². The highest BCUT2D eigenvalue weighted by Crippen LogP contribution is 2.15. The van der Waals surface area contributed by atoms with Crippen LogP contribution in [0.5, 0.6) is 5.75 Å². The summed E-state index contributed by atoms with van der Waals surface area (Å²) in [6, 6.07) is 12.5. The minimum atomic E-state index is -2.85. The molecule has 0 bridgehead atoms. The van der Waals surface area contributed by atoms with Gasteiger partial charge in [0, 0.05) is 13.1 Å². The van der Waals surface area contributed by atoms with E-state index in [1.807, 2.05) is 4.90 Å². The minimum Gasteiger partial charge on any atom is -0.435 e. The van der Waals surface area contributed by atoms with Crippen molar-refractivity contribution in [3.8, 4) is 5.75 Å². The number of amides is 1. The van der Waals surface area contributed by atoms with E-state index < -0.39 is 6.61 Å². The van der Waals surface area contributed by atoms with Crippen molar-refractivity contribution in [3.63, 3.8) is 0 Å². The Morgan fingerprint density at radius 2 is 1.69 bits per heavy atom. The smallest absolute Gasteiger partial charge is 0.387 e. The van der Waals surface area contributed by atoms with Gasteiger partial charge in [0.05, 0.1) is 6.54 Å². The van der Waals surface area contributed by atoms with Gasteiger partial charge in [-0.3, -0.25) is 9.69 Å². The predicted octanol–water partition coefficient (Wildman–Crippen LogP) is 3.22. The van der Waals surface area contributed by atoms with Crippen molar-refractivity contribution in [2.75, 3.05) is 20.1 Å². The number of nitrogens with zero attached hydrogens (tertiary/aromatic N) is 1. The number of nitrogens with one attached hydrogen (secondary N) is 1. The lowest BCUT2D eigenvalue weighted by Crippen LogP contribution is -2.35. The Morgan fingerprint density at radius 1 is 1.08 bits per heavy atom. The summed E-state index contributed by atoms with van der Waals surface area (Å²) >= 11 is 0. The van der Waals surface area contributed by atoms with Gasteiger partial charge in [-0.05, 0) is 48.9 Å². The number of carbonyl (C=O) groups is 1. The van der Waals surface area contributed by atoms with Crippen molar-refractivity contribution in [2.45, 2.75) is 19.6 Å². The Kier molecular flexibility index (Phi) is 7.47. The molecule has 0 aromatic heterocycles. The molecule has 0 fully saturated rings. The van der Waals surface area contributed by atoms with Crippen LogP contribution in [0, 0.1) is 5.82 Å². The van der Waals surface area contributed by atoms with E-state index in [1.54, 1.807) is 31.3 Å². The number of halogens is 3. The van der Waals surface area contributed by atoms with Crippen LogP contribution in [0.1, 0.15) is 11.1 Å². The molecule has 0 saturated heterocycles. The summed E-state index contributed by atoms with van der Waals surface area (Å²) in [6.45, 7) is -1.67. The molecule has 140 valence electrons. The largest absolute Gasteiger partial charge is 0.435 e. The zero-order valence-corrected chi connectivity index (χ0v) is 14.4. The first-order valence-electron chi connectivity index (χ1n) is 8.16. The molecule has 1 amide bonds. The van der Waals surface area contributed by atoms with Gasteiger partial charge >= 0.3 is 6.61 Å². The number of alkyl halides is 2. The molecule has 26 heavy (non-hydrogen) atoms. The van der Waals surface area contributed by atoms with Crippen LogP contribution in [0.4, 0.5) is 13.2 Å². The normalized spacial score (nSPS) is 11.0. The summed E-state index contributed by atoms with van der Waals surface area (Å²) in [6.07, 6.45) is 0.626. The van der Waals surface area contributed by atoms with E-state index >= 15 is 0 Å². The van der Waals surface area contributed by atoms with Gasteiger partial charge in [0.15, 0.2) is 0 Å². The van der Waals surface area contributed by atoms with Crippen LogP contribution in [0.25, 0.3) is 0 Å². The van der Waals surface area contributed by atoms with Crippen LogP contribution >= 0.6 is 0 Å². The average molecular weight is 366 g/mol. The molecule has 0 atom stereocenters. The Bertz CT molecular complexity index is 691. The molecule has 4 nitrogen and oxygen atoms in total. The van der Waals surface area contributed by atoms with Gasteiger partial charge < -0.3 is 10.1 Å². The van der Waals surface area contributed by atoms with E-state index in [2.05, 4.69) is 10.1 Å². The van der Waals surface area contributed by atoms with E-state index in [1.165, 1.54) is 24.3 Å². The highest BCUT2D eigenvalue weighted by molar-refractivity contribution is 5.77. The Balaban J connectivity index is 1.70. The third-order valence-electron chi connectivity index (χ3n) is 3.66. The molecule has 0 aliphatic carbocycles. The van der Waals surface area contributed by atoms with Crippen molar-refractivity contribution >= 4 is 5.91 Å². The second-order valence-electron chi connectivity index (χ2n) is 5.92. The second kappa shape index (κ2) is 9.82. The molecular formula is C19H21F3N2O2. The summed E-state index contributed by atoms with van der Waals surface area (Å²) in [5.41, 5.74) is 1.83. The molecule has 0 aliphatic rings. The maximum atomic E-state index is 12.8. The Labute approximate surface area is 150 Å². The third-order valence-corrected chi connectivity index (χ3v) is 3.66. The fourth-order valence-electron chi connectivity index (χ4n) is 2.44. The molecule has 7 heteroatoms. The van der Waals surface area contributed by atoms with E-state index in [9.17, 15) is 18.0 Å². The number of rotatable bonds is 9. The first kappa shape index (κ1) is 19.8. The summed E-state index contributed by atoms with van der Waals surface area (Å²) in [5.74, 6) is -0.301. The highest BCUT2D eigenvalue weighted by Gasteiger charge is 2.08. The first-order chi connectivity index (χ1) is 12.4. The predicted molar refractivity (Wildman–Crippen MR) is 92.5 cm³/mol. The van der Waals surface area contributed by atoms with Crippen LogP contribution in [0.3, 0.4) is 0 Å². The molecule has 2 rings (SSSR count). The number of hydrogen-bond donors (Lipinski definition) is 1. The lowest BCUT2D eigenvalue weighted by atomic mass is 10.1. The van der Waals surface area contributed by atoms with Crippen LogP contribution in [0.2, 0.25) is 0 Å². The third kappa shape index (κ3) is 7.14. The van der Waals surface area contributed by atoms with Gasteiger partial charge in [-0.15, -0.1) is 0 Å². The Hall–Kier alpha value is -2.54. The van der Waals surface area contributed by atoms with Gasteiger partial charge in [0.2, 0.25) is 5.91 Å². The first-order valence-corrected chi connectivity index (χ1v) is 8.16. The monoisotopic (exact) mass is 366 g/mol. The summed E-state index contributed by atoms with van der Waals surface area (Å²) in [7, 11) is 1.79. The van der Waals surface area contributed by atoms with Crippen molar-refractivity contribution in [1.82, 2.24) is 10.2 Å². The van der Waals surface area contributed by atoms with Crippen LogP contribution < -0.4 is 10.1 Å². The molecule has 0 radical (unpaired) electrons. The van der Waals surface area contributed by atoms with Gasteiger partial charge in [-0.2, -0.15) is 8.78 Å². The van der Waals surface area contributed by atoms with Crippen molar-refractivity contribution in [1.29, 1.82) is 0 Å². The van der Waals surface area contributed by atoms with E-state index in [4.69, 9.17) is 0 Å². The minimum absolute atomic E-state index is 0.102. The van der Waals surface area contributed by atoms with Crippen LogP contribution in [0.15, 0.2) is 48.5 Å². The topological polar surface area (TPSA) is 41.6 Å². The fraction of sp³-hybridized carbons (Fsp3) is 0.316. The number of benzene rings is 2. The standard InChI is InChI=1S/C19H21F3N2O2/c1-24(12-15-4-8-17(9-5-15)26-19(21)22)13-18(25)23-11-10-14-2-6-16(20)7-3-14/h2-9,19H,10-13H2,1H3,(H,23,25). The van der Waals surface area contributed by atoms with E-state index in [-0.39, 0.29) is 24.0 Å². The van der Waals surface area contributed by atoms with Gasteiger partial charge in [-0.25, -0.2) is 4.39 Å². The summed E-state index contributed by atoms with van der Waals surface area (Å²) in [5, 5.41) is 2.82. The molecule has 0 saturated carbocycles. The summed E-state index contributed by atoms with van der Waals surface area (Å²) in [4.78, 5) is 13.8. The summed E-state index contributed by atoms with van der Waals surface area (Å²) < 4.78 is 41.3. The number of carbonyl (C=O) groups excluding carboxylic acids is 1. The quantitative estimate of drug-likeness (QED) is 0.741. The molecule has 0 heterocycles. The van der Waals surface area contributed by atoms with Gasteiger partial charge in [-0.1, -0.05) is 24.3 Å². The van der Waals surface area contributed by atoms with E-state index in [0.29, 0.717) is 19.5 Å². The molecule has 2 aromatic rings. The zero-order valence-electron chi connectivity index (χ0n) is 14.4. The molecule has 1 N–H and O–H groups in total. The Morgan fingerprint density at radius 3 is 2.31 bits per heavy atom. The van der Waals surface area contributed by atoms with Crippen molar-refractivity contribution in [2.24, 2.45) is 0 Å². The number of hydrogen-bond acceptors (Lipinski definition) is 3. The zero-order chi connectivity index (χ0) is 18.9. The fourth-order valence-corrected chi connectivity index (χ4v) is 2.44. The number of likely N-dealkylation sites (N-methyl/N-ethyl adjacent to an activating group) is 1. The molecular weight excluding hydrogens is 345 g/mol. The van der Waals surface area contributed by atoms with Gasteiger partial charge in [0.25, 0.3) is 0 Å². The molecule has 2 aromatic carbocycles. The van der Waals surface area contributed by atoms with Crippen LogP contribution in [-0.2, 0) is 17.8 Å². The molecule has 0 aliphatic heterocycles. The molecule has 0 spiro atoms. The van der Waals surface area contributed by atoms with Crippen LogP contribution in [-0.4, -0.2) is 37.6 Å². The van der Waals surface area contributed by atoms with Crippen molar-refractivity contribution < 1.29 is 22.7 Å². The van der Waals surface area contributed by atoms with Gasteiger partial charge in [0.1, 0.15) is 11.6 Å². The van der Waals surface area contributed by atoms with E-state index in [0.717, 1.165) is 11.1 Å².